The zero-order valence-electron chi connectivity index (χ0n) is 15.1. The van der Waals surface area contributed by atoms with Gasteiger partial charge in [0, 0.05) is 55.7 Å². The van der Waals surface area contributed by atoms with E-state index in [1.54, 1.807) is 25.6 Å². The van der Waals surface area contributed by atoms with E-state index in [1.807, 2.05) is 6.07 Å². The number of rotatable bonds is 3. The Morgan fingerprint density at radius 1 is 0.929 bits per heavy atom. The topological polar surface area (TPSA) is 54.4 Å². The number of anilines is 2. The summed E-state index contributed by atoms with van der Waals surface area (Å²) in [6.45, 7) is 2.77. The summed E-state index contributed by atoms with van der Waals surface area (Å²) in [5.41, 5.74) is 0.528. The molecule has 0 amide bonds. The molecule has 3 heterocycles. The van der Waals surface area contributed by atoms with Gasteiger partial charge in [-0.05, 0) is 18.2 Å². The molecule has 3 aromatic rings. The third-order valence-corrected chi connectivity index (χ3v) is 4.78. The van der Waals surface area contributed by atoms with E-state index < -0.39 is 11.7 Å². The number of halogens is 3. The van der Waals surface area contributed by atoms with Crippen molar-refractivity contribution < 1.29 is 17.9 Å². The maximum atomic E-state index is 13.0. The standard InChI is InChI=1S/C19H18F3N5O/c1-28-17-5-7-24-18(25-17)27-10-8-26(9-11-27)16-4-6-23-15-12-13(19(20,21)22)2-3-14(15)16/h2-7,12H,8-11H2,1H3. The van der Waals surface area contributed by atoms with Gasteiger partial charge in [0.05, 0.1) is 18.2 Å². The first-order valence-electron chi connectivity index (χ1n) is 8.78. The molecule has 146 valence electrons. The van der Waals surface area contributed by atoms with Crippen LogP contribution in [0.5, 0.6) is 5.88 Å². The van der Waals surface area contributed by atoms with E-state index >= 15 is 0 Å². The van der Waals surface area contributed by atoms with Gasteiger partial charge in [-0.2, -0.15) is 18.2 Å². The number of aromatic nitrogens is 3. The zero-order valence-corrected chi connectivity index (χ0v) is 15.1. The number of nitrogens with zero attached hydrogens (tertiary/aromatic N) is 5. The molecule has 1 aliphatic heterocycles. The molecule has 9 heteroatoms. The summed E-state index contributed by atoms with van der Waals surface area (Å²) in [6, 6.07) is 7.23. The van der Waals surface area contributed by atoms with Crippen LogP contribution in [0.3, 0.4) is 0 Å². The Morgan fingerprint density at radius 2 is 1.64 bits per heavy atom. The smallest absolute Gasteiger partial charge is 0.416 e. The Kier molecular flexibility index (Phi) is 4.66. The molecule has 2 aromatic heterocycles. The highest BCUT2D eigenvalue weighted by molar-refractivity contribution is 5.92. The molecule has 0 atom stereocenters. The quantitative estimate of drug-likeness (QED) is 0.685. The van der Waals surface area contributed by atoms with E-state index in [1.165, 1.54) is 6.07 Å². The second-order valence-electron chi connectivity index (χ2n) is 6.43. The Balaban J connectivity index is 1.55. The van der Waals surface area contributed by atoms with Gasteiger partial charge in [0.15, 0.2) is 0 Å². The van der Waals surface area contributed by atoms with Gasteiger partial charge in [-0.3, -0.25) is 4.98 Å². The summed E-state index contributed by atoms with van der Waals surface area (Å²) >= 11 is 0. The molecule has 28 heavy (non-hydrogen) atoms. The number of hydrogen-bond acceptors (Lipinski definition) is 6. The van der Waals surface area contributed by atoms with Gasteiger partial charge in [0.25, 0.3) is 0 Å². The lowest BCUT2D eigenvalue weighted by atomic mass is 10.1. The molecule has 1 aliphatic rings. The predicted molar refractivity (Wildman–Crippen MR) is 99.8 cm³/mol. The van der Waals surface area contributed by atoms with Gasteiger partial charge in [0.1, 0.15) is 0 Å². The highest BCUT2D eigenvalue weighted by Gasteiger charge is 2.31. The van der Waals surface area contributed by atoms with Crippen LogP contribution < -0.4 is 14.5 Å². The average molecular weight is 389 g/mol. The molecule has 6 nitrogen and oxygen atoms in total. The van der Waals surface area contributed by atoms with Gasteiger partial charge in [0.2, 0.25) is 11.8 Å². The van der Waals surface area contributed by atoms with Crippen LogP contribution in [-0.2, 0) is 6.18 Å². The number of ether oxygens (including phenoxy) is 1. The lowest BCUT2D eigenvalue weighted by Gasteiger charge is -2.36. The molecule has 0 bridgehead atoms. The molecule has 0 spiro atoms. The molecular weight excluding hydrogens is 371 g/mol. The molecule has 0 N–H and O–H groups in total. The van der Waals surface area contributed by atoms with Gasteiger partial charge in [-0.25, -0.2) is 4.98 Å². The van der Waals surface area contributed by atoms with Crippen LogP contribution in [0.25, 0.3) is 10.9 Å². The van der Waals surface area contributed by atoms with Gasteiger partial charge < -0.3 is 14.5 Å². The molecule has 0 saturated carbocycles. The van der Waals surface area contributed by atoms with Crippen LogP contribution in [0.2, 0.25) is 0 Å². The van der Waals surface area contributed by atoms with Crippen molar-refractivity contribution in [1.82, 2.24) is 15.0 Å². The van der Waals surface area contributed by atoms with Gasteiger partial charge in [-0.1, -0.05) is 6.07 Å². The first kappa shape index (κ1) is 18.3. The number of methoxy groups -OCH3 is 1. The van der Waals surface area contributed by atoms with Crippen molar-refractivity contribution in [2.75, 3.05) is 43.1 Å². The Morgan fingerprint density at radius 3 is 2.36 bits per heavy atom. The first-order chi connectivity index (χ1) is 13.5. The molecule has 0 aliphatic carbocycles. The molecule has 0 unspecified atom stereocenters. The van der Waals surface area contributed by atoms with E-state index in [9.17, 15) is 13.2 Å². The minimum absolute atomic E-state index is 0.339. The summed E-state index contributed by atoms with van der Waals surface area (Å²) in [6.07, 6.45) is -1.17. The maximum Gasteiger partial charge on any atom is 0.416 e. The van der Waals surface area contributed by atoms with Crippen LogP contribution in [0, 0.1) is 0 Å². The minimum Gasteiger partial charge on any atom is -0.481 e. The van der Waals surface area contributed by atoms with Crippen molar-refractivity contribution in [3.05, 3.63) is 48.3 Å². The zero-order chi connectivity index (χ0) is 19.7. The highest BCUT2D eigenvalue weighted by Crippen LogP contribution is 2.33. The van der Waals surface area contributed by atoms with Crippen molar-refractivity contribution in [3.63, 3.8) is 0 Å². The number of alkyl halides is 3. The highest BCUT2D eigenvalue weighted by atomic mass is 19.4. The Hall–Kier alpha value is -3.10. The van der Waals surface area contributed by atoms with E-state index in [0.717, 1.165) is 17.8 Å². The fourth-order valence-electron chi connectivity index (χ4n) is 3.33. The number of hydrogen-bond donors (Lipinski definition) is 0. The van der Waals surface area contributed by atoms with Crippen molar-refractivity contribution in [2.24, 2.45) is 0 Å². The monoisotopic (exact) mass is 389 g/mol. The largest absolute Gasteiger partial charge is 0.481 e. The second kappa shape index (κ2) is 7.14. The molecule has 1 aromatic carbocycles. The fourth-order valence-corrected chi connectivity index (χ4v) is 3.33. The Bertz CT molecular complexity index is 987. The number of piperazine rings is 1. The van der Waals surface area contributed by atoms with Crippen LogP contribution in [0.15, 0.2) is 42.7 Å². The summed E-state index contributed by atoms with van der Waals surface area (Å²) in [4.78, 5) is 17.0. The second-order valence-corrected chi connectivity index (χ2v) is 6.43. The first-order valence-corrected chi connectivity index (χ1v) is 8.78. The van der Waals surface area contributed by atoms with Crippen LogP contribution >= 0.6 is 0 Å². The normalized spacial score (nSPS) is 15.1. The molecular formula is C19H18F3N5O. The minimum atomic E-state index is -4.38. The van der Waals surface area contributed by atoms with Crippen molar-refractivity contribution in [2.45, 2.75) is 6.18 Å². The van der Waals surface area contributed by atoms with Crippen LogP contribution in [-0.4, -0.2) is 48.2 Å². The van der Waals surface area contributed by atoms with E-state index in [0.29, 0.717) is 48.9 Å². The third kappa shape index (κ3) is 3.51. The lowest BCUT2D eigenvalue weighted by Crippen LogP contribution is -2.47. The number of pyridine rings is 1. The predicted octanol–water partition coefficient (Wildman–Crippen LogP) is 3.38. The van der Waals surface area contributed by atoms with E-state index in [2.05, 4.69) is 24.8 Å². The summed E-state index contributed by atoms with van der Waals surface area (Å²) < 4.78 is 44.0. The third-order valence-electron chi connectivity index (χ3n) is 4.78. The summed E-state index contributed by atoms with van der Waals surface area (Å²) in [5, 5.41) is 0.710. The number of fused-ring (bicyclic) bond motifs is 1. The lowest BCUT2D eigenvalue weighted by molar-refractivity contribution is -0.137. The van der Waals surface area contributed by atoms with Gasteiger partial charge in [-0.15, -0.1) is 0 Å². The molecule has 1 saturated heterocycles. The average Bonchev–Trinajstić information content (AvgIpc) is 2.72. The van der Waals surface area contributed by atoms with Crippen molar-refractivity contribution >= 4 is 22.5 Å². The van der Waals surface area contributed by atoms with E-state index in [-0.39, 0.29) is 0 Å². The van der Waals surface area contributed by atoms with Crippen LogP contribution in [0.4, 0.5) is 24.8 Å². The van der Waals surface area contributed by atoms with E-state index in [4.69, 9.17) is 4.74 Å². The maximum absolute atomic E-state index is 13.0. The summed E-state index contributed by atoms with van der Waals surface area (Å²) in [5.74, 6) is 1.11. The number of benzene rings is 1. The molecule has 0 radical (unpaired) electrons. The Labute approximate surface area is 159 Å². The summed E-state index contributed by atoms with van der Waals surface area (Å²) in [7, 11) is 1.56. The fraction of sp³-hybridized carbons (Fsp3) is 0.316. The van der Waals surface area contributed by atoms with Crippen molar-refractivity contribution in [3.8, 4) is 5.88 Å². The molecule has 1 fully saturated rings. The van der Waals surface area contributed by atoms with Gasteiger partial charge >= 0.3 is 6.18 Å². The SMILES string of the molecule is COc1ccnc(N2CCN(c3ccnc4cc(C(F)(F)F)ccc34)CC2)n1. The molecule has 4 rings (SSSR count). The van der Waals surface area contributed by atoms with Crippen LogP contribution in [0.1, 0.15) is 5.56 Å². The van der Waals surface area contributed by atoms with Crippen molar-refractivity contribution in [1.29, 1.82) is 0 Å².